The number of amides is 1. The smallest absolute Gasteiger partial charge is 0.252 e. The Bertz CT molecular complexity index is 803. The number of anilines is 1. The van der Waals surface area contributed by atoms with Crippen molar-refractivity contribution in [3.8, 4) is 11.6 Å². The predicted molar refractivity (Wildman–Crippen MR) is 96.5 cm³/mol. The molecular weight excluding hydrogens is 342 g/mol. The molecule has 2 N–H and O–H groups in total. The molecule has 1 aromatic carbocycles. The Morgan fingerprint density at radius 2 is 1.84 bits per heavy atom. The van der Waals surface area contributed by atoms with Crippen LogP contribution in [0.4, 0.5) is 5.69 Å². The van der Waals surface area contributed by atoms with E-state index in [0.29, 0.717) is 29.4 Å². The molecule has 0 fully saturated rings. The standard InChI is InChI=1S/C17H21N3O4S/c1-3-11-18-17(21)13-5-10-16(19-12-13)24-15-8-6-14(7-9-15)20-25(22,23)4-2/h5-10,12,20H,3-4,11H2,1-2H3,(H,18,21). The van der Waals surface area contributed by atoms with Crippen molar-refractivity contribution in [3.63, 3.8) is 0 Å². The van der Waals surface area contributed by atoms with E-state index in [1.807, 2.05) is 6.92 Å². The Hall–Kier alpha value is -2.61. The molecule has 0 aliphatic carbocycles. The average Bonchev–Trinajstić information content (AvgIpc) is 2.62. The Morgan fingerprint density at radius 3 is 2.40 bits per heavy atom. The van der Waals surface area contributed by atoms with Gasteiger partial charge in [-0.25, -0.2) is 13.4 Å². The summed E-state index contributed by atoms with van der Waals surface area (Å²) in [4.78, 5) is 15.9. The fourth-order valence-corrected chi connectivity index (χ4v) is 2.52. The van der Waals surface area contributed by atoms with Crippen molar-refractivity contribution >= 4 is 21.6 Å². The van der Waals surface area contributed by atoms with Crippen LogP contribution in [0, 0.1) is 0 Å². The number of aromatic nitrogens is 1. The van der Waals surface area contributed by atoms with Gasteiger partial charge in [-0.05, 0) is 43.7 Å². The molecule has 7 nitrogen and oxygen atoms in total. The van der Waals surface area contributed by atoms with Crippen LogP contribution in [0.2, 0.25) is 0 Å². The van der Waals surface area contributed by atoms with Crippen molar-refractivity contribution in [2.45, 2.75) is 20.3 Å². The zero-order chi connectivity index (χ0) is 18.3. The van der Waals surface area contributed by atoms with Crippen LogP contribution in [-0.4, -0.2) is 31.6 Å². The van der Waals surface area contributed by atoms with Gasteiger partial charge in [0.15, 0.2) is 0 Å². The highest BCUT2D eigenvalue weighted by molar-refractivity contribution is 7.92. The van der Waals surface area contributed by atoms with E-state index < -0.39 is 10.0 Å². The molecule has 2 rings (SSSR count). The van der Waals surface area contributed by atoms with Gasteiger partial charge in [0.2, 0.25) is 15.9 Å². The number of pyridine rings is 1. The minimum Gasteiger partial charge on any atom is -0.439 e. The molecule has 0 aliphatic heterocycles. The van der Waals surface area contributed by atoms with Crippen LogP contribution >= 0.6 is 0 Å². The van der Waals surface area contributed by atoms with E-state index in [1.54, 1.807) is 43.3 Å². The van der Waals surface area contributed by atoms with Gasteiger partial charge in [-0.15, -0.1) is 0 Å². The second-order valence-electron chi connectivity index (χ2n) is 5.27. The van der Waals surface area contributed by atoms with Crippen LogP contribution in [0.3, 0.4) is 0 Å². The van der Waals surface area contributed by atoms with E-state index in [0.717, 1.165) is 6.42 Å². The molecule has 0 unspecified atom stereocenters. The summed E-state index contributed by atoms with van der Waals surface area (Å²) in [5.74, 6) is 0.686. The Balaban J connectivity index is 1.99. The highest BCUT2D eigenvalue weighted by Crippen LogP contribution is 2.22. The summed E-state index contributed by atoms with van der Waals surface area (Å²) in [7, 11) is -3.31. The molecule has 0 spiro atoms. The maximum Gasteiger partial charge on any atom is 0.252 e. The van der Waals surface area contributed by atoms with Crippen molar-refractivity contribution in [1.29, 1.82) is 0 Å². The first-order valence-electron chi connectivity index (χ1n) is 7.96. The summed E-state index contributed by atoms with van der Waals surface area (Å²) in [6, 6.07) is 9.73. The molecule has 2 aromatic rings. The number of benzene rings is 1. The molecule has 1 aromatic heterocycles. The summed E-state index contributed by atoms with van der Waals surface area (Å²) in [5.41, 5.74) is 0.926. The number of hydrogen-bond donors (Lipinski definition) is 2. The lowest BCUT2D eigenvalue weighted by Crippen LogP contribution is -2.23. The first-order chi connectivity index (χ1) is 11.9. The normalized spacial score (nSPS) is 11.0. The third-order valence-corrected chi connectivity index (χ3v) is 4.57. The third kappa shape index (κ3) is 5.75. The number of hydrogen-bond acceptors (Lipinski definition) is 5. The van der Waals surface area contributed by atoms with Gasteiger partial charge in [-0.1, -0.05) is 6.92 Å². The second-order valence-corrected chi connectivity index (χ2v) is 7.28. The van der Waals surface area contributed by atoms with E-state index in [9.17, 15) is 13.2 Å². The summed E-state index contributed by atoms with van der Waals surface area (Å²) in [6.07, 6.45) is 2.31. The first kappa shape index (κ1) is 18.7. The summed E-state index contributed by atoms with van der Waals surface area (Å²) in [6.45, 7) is 4.16. The molecular formula is C17H21N3O4S. The first-order valence-corrected chi connectivity index (χ1v) is 9.61. The van der Waals surface area contributed by atoms with Crippen LogP contribution in [0.15, 0.2) is 42.6 Å². The predicted octanol–water partition coefficient (Wildman–Crippen LogP) is 2.78. The SMILES string of the molecule is CCCNC(=O)c1ccc(Oc2ccc(NS(=O)(=O)CC)cc2)nc1. The molecule has 134 valence electrons. The molecule has 25 heavy (non-hydrogen) atoms. The van der Waals surface area contributed by atoms with E-state index >= 15 is 0 Å². The Morgan fingerprint density at radius 1 is 1.12 bits per heavy atom. The molecule has 0 radical (unpaired) electrons. The van der Waals surface area contributed by atoms with Gasteiger partial charge in [-0.3, -0.25) is 9.52 Å². The summed E-state index contributed by atoms with van der Waals surface area (Å²) >= 11 is 0. The molecule has 8 heteroatoms. The van der Waals surface area contributed by atoms with Crippen molar-refractivity contribution in [1.82, 2.24) is 10.3 Å². The molecule has 0 aliphatic rings. The minimum atomic E-state index is -3.31. The second kappa shape index (κ2) is 8.48. The summed E-state index contributed by atoms with van der Waals surface area (Å²) < 4.78 is 31.1. The van der Waals surface area contributed by atoms with Crippen LogP contribution in [0.5, 0.6) is 11.6 Å². The maximum absolute atomic E-state index is 11.8. The monoisotopic (exact) mass is 363 g/mol. The number of nitrogens with zero attached hydrogens (tertiary/aromatic N) is 1. The zero-order valence-electron chi connectivity index (χ0n) is 14.2. The quantitative estimate of drug-likeness (QED) is 0.751. The molecule has 1 amide bonds. The Kier molecular flexibility index (Phi) is 6.35. The topological polar surface area (TPSA) is 97.4 Å². The van der Waals surface area contributed by atoms with Crippen molar-refractivity contribution in [2.24, 2.45) is 0 Å². The van der Waals surface area contributed by atoms with E-state index in [4.69, 9.17) is 4.74 Å². The largest absolute Gasteiger partial charge is 0.439 e. The lowest BCUT2D eigenvalue weighted by molar-refractivity contribution is 0.0953. The van der Waals surface area contributed by atoms with Crippen LogP contribution in [-0.2, 0) is 10.0 Å². The average molecular weight is 363 g/mol. The third-order valence-electron chi connectivity index (χ3n) is 3.26. The fraction of sp³-hybridized carbons (Fsp3) is 0.294. The minimum absolute atomic E-state index is 0.00730. The molecule has 1 heterocycles. The van der Waals surface area contributed by atoms with Crippen molar-refractivity contribution in [3.05, 3.63) is 48.2 Å². The fourth-order valence-electron chi connectivity index (χ4n) is 1.88. The van der Waals surface area contributed by atoms with E-state index in [1.165, 1.54) is 6.20 Å². The van der Waals surface area contributed by atoms with Crippen LogP contribution in [0.1, 0.15) is 30.6 Å². The number of carbonyl (C=O) groups excluding carboxylic acids is 1. The van der Waals surface area contributed by atoms with Gasteiger partial charge in [-0.2, -0.15) is 0 Å². The van der Waals surface area contributed by atoms with E-state index in [-0.39, 0.29) is 11.7 Å². The lowest BCUT2D eigenvalue weighted by atomic mass is 10.2. The van der Waals surface area contributed by atoms with Gasteiger partial charge in [0.25, 0.3) is 5.91 Å². The van der Waals surface area contributed by atoms with Crippen molar-refractivity contribution in [2.75, 3.05) is 17.0 Å². The van der Waals surface area contributed by atoms with Gasteiger partial charge >= 0.3 is 0 Å². The summed E-state index contributed by atoms with van der Waals surface area (Å²) in [5, 5.41) is 2.77. The molecule has 0 bridgehead atoms. The molecule has 0 atom stereocenters. The van der Waals surface area contributed by atoms with Gasteiger partial charge in [0.1, 0.15) is 5.75 Å². The highest BCUT2D eigenvalue weighted by Gasteiger charge is 2.08. The van der Waals surface area contributed by atoms with Gasteiger partial charge < -0.3 is 10.1 Å². The van der Waals surface area contributed by atoms with Crippen LogP contribution < -0.4 is 14.8 Å². The molecule has 0 saturated carbocycles. The van der Waals surface area contributed by atoms with E-state index in [2.05, 4.69) is 15.0 Å². The van der Waals surface area contributed by atoms with Crippen molar-refractivity contribution < 1.29 is 17.9 Å². The van der Waals surface area contributed by atoms with Gasteiger partial charge in [0.05, 0.1) is 11.3 Å². The number of ether oxygens (including phenoxy) is 1. The number of sulfonamides is 1. The number of carbonyl (C=O) groups is 1. The lowest BCUT2D eigenvalue weighted by Gasteiger charge is -2.08. The van der Waals surface area contributed by atoms with Gasteiger partial charge in [0, 0.05) is 24.5 Å². The maximum atomic E-state index is 11.8. The highest BCUT2D eigenvalue weighted by atomic mass is 32.2. The number of rotatable bonds is 8. The zero-order valence-corrected chi connectivity index (χ0v) is 15.0. The number of nitrogens with one attached hydrogen (secondary N) is 2. The van der Waals surface area contributed by atoms with Crippen LogP contribution in [0.25, 0.3) is 0 Å². The Labute approximate surface area is 147 Å². The molecule has 0 saturated heterocycles.